The third kappa shape index (κ3) is 5.73. The van der Waals surface area contributed by atoms with E-state index in [1.807, 2.05) is 30.9 Å². The smallest absolute Gasteiger partial charge is 0.253 e. The molecule has 1 saturated heterocycles. The Balaban J connectivity index is 1.64. The zero-order valence-corrected chi connectivity index (χ0v) is 20.4. The lowest BCUT2D eigenvalue weighted by Gasteiger charge is -2.22. The Morgan fingerprint density at radius 2 is 1.70 bits per heavy atom. The normalized spacial score (nSPS) is 13.6. The van der Waals surface area contributed by atoms with Crippen LogP contribution in [0.1, 0.15) is 53.7 Å². The molecular weight excluding hydrogens is 426 g/mol. The number of amides is 1. The molecule has 4 nitrogen and oxygen atoms in total. The lowest BCUT2D eigenvalue weighted by atomic mass is 9.88. The van der Waals surface area contributed by atoms with E-state index in [4.69, 9.17) is 0 Å². The van der Waals surface area contributed by atoms with Crippen molar-refractivity contribution in [2.24, 2.45) is 0 Å². The van der Waals surface area contributed by atoms with E-state index in [1.165, 1.54) is 27.8 Å². The molecule has 1 aliphatic rings. The van der Waals surface area contributed by atoms with Gasteiger partial charge >= 0.3 is 0 Å². The number of carbonyl (C=O) groups excluding carboxylic acids is 1. The van der Waals surface area contributed by atoms with Crippen LogP contribution in [0.4, 0.5) is 5.69 Å². The van der Waals surface area contributed by atoms with Gasteiger partial charge in [-0.15, -0.1) is 0 Å². The molecule has 172 valence electrons. The second-order valence-electron chi connectivity index (χ2n) is 8.35. The van der Waals surface area contributed by atoms with Gasteiger partial charge in [0.05, 0.1) is 0 Å². The Kier molecular flexibility index (Phi) is 7.97. The summed E-state index contributed by atoms with van der Waals surface area (Å²) in [6.45, 7) is 8.34. The summed E-state index contributed by atoms with van der Waals surface area (Å²) in [5, 5.41) is 11.3. The van der Waals surface area contributed by atoms with Crippen molar-refractivity contribution in [3.63, 3.8) is 0 Å². The van der Waals surface area contributed by atoms with E-state index in [0.717, 1.165) is 56.8 Å². The minimum atomic E-state index is 0.0993. The first-order chi connectivity index (χ1) is 16.2. The predicted molar refractivity (Wildman–Crippen MR) is 140 cm³/mol. The largest absolute Gasteiger partial charge is 0.381 e. The molecule has 33 heavy (non-hydrogen) atoms. The summed E-state index contributed by atoms with van der Waals surface area (Å²) in [6.07, 6.45) is 2.09. The molecule has 0 spiro atoms. The van der Waals surface area contributed by atoms with Gasteiger partial charge in [-0.1, -0.05) is 29.8 Å². The number of thiophene rings is 1. The van der Waals surface area contributed by atoms with Crippen LogP contribution in [-0.4, -0.2) is 37.0 Å². The Labute approximate surface area is 201 Å². The third-order valence-corrected chi connectivity index (χ3v) is 6.99. The Morgan fingerprint density at radius 3 is 2.36 bits per heavy atom. The Hall–Kier alpha value is -2.89. The molecule has 1 amide bonds. The molecule has 5 heteroatoms. The highest BCUT2D eigenvalue weighted by Crippen LogP contribution is 2.32. The number of carbonyl (C=O) groups is 1. The van der Waals surface area contributed by atoms with E-state index in [2.05, 4.69) is 63.9 Å². The molecule has 0 bridgehead atoms. The molecule has 2 N–H and O–H groups in total. The SMILES string of the molecule is CCN(CC)C(=O)c1ccc(C(=C2CCNCC2)c2cccc(NCc3ccsc3)c2)cc1. The molecule has 4 rings (SSSR count). The van der Waals surface area contributed by atoms with Crippen LogP contribution in [0.25, 0.3) is 5.57 Å². The van der Waals surface area contributed by atoms with Gasteiger partial charge in [0.1, 0.15) is 0 Å². The molecule has 1 aliphatic heterocycles. The highest BCUT2D eigenvalue weighted by molar-refractivity contribution is 7.07. The van der Waals surface area contributed by atoms with Crippen LogP contribution in [0.3, 0.4) is 0 Å². The van der Waals surface area contributed by atoms with Crippen molar-refractivity contribution in [3.05, 3.63) is 93.2 Å². The van der Waals surface area contributed by atoms with Crippen molar-refractivity contribution >= 4 is 28.5 Å². The van der Waals surface area contributed by atoms with Crippen LogP contribution >= 0.6 is 11.3 Å². The second-order valence-corrected chi connectivity index (χ2v) is 9.13. The van der Waals surface area contributed by atoms with Crippen molar-refractivity contribution in [1.29, 1.82) is 0 Å². The lowest BCUT2D eigenvalue weighted by molar-refractivity contribution is 0.0773. The van der Waals surface area contributed by atoms with Gasteiger partial charge in [-0.2, -0.15) is 11.3 Å². The number of nitrogens with zero attached hydrogens (tertiary/aromatic N) is 1. The summed E-state index contributed by atoms with van der Waals surface area (Å²) in [5.74, 6) is 0.0993. The van der Waals surface area contributed by atoms with Crippen LogP contribution in [0.5, 0.6) is 0 Å². The van der Waals surface area contributed by atoms with Crippen molar-refractivity contribution < 1.29 is 4.79 Å². The van der Waals surface area contributed by atoms with E-state index < -0.39 is 0 Å². The van der Waals surface area contributed by atoms with E-state index in [0.29, 0.717) is 0 Å². The van der Waals surface area contributed by atoms with Gasteiger partial charge in [0, 0.05) is 30.9 Å². The molecular formula is C28H33N3OS. The molecule has 0 radical (unpaired) electrons. The maximum Gasteiger partial charge on any atom is 0.253 e. The van der Waals surface area contributed by atoms with Gasteiger partial charge < -0.3 is 15.5 Å². The molecule has 0 aliphatic carbocycles. The topological polar surface area (TPSA) is 44.4 Å². The summed E-state index contributed by atoms with van der Waals surface area (Å²) in [4.78, 5) is 14.6. The number of piperidine rings is 1. The maximum atomic E-state index is 12.8. The lowest BCUT2D eigenvalue weighted by Crippen LogP contribution is -2.30. The summed E-state index contributed by atoms with van der Waals surface area (Å²) in [7, 11) is 0. The molecule has 2 heterocycles. The first-order valence-electron chi connectivity index (χ1n) is 11.9. The summed E-state index contributed by atoms with van der Waals surface area (Å²) >= 11 is 1.73. The summed E-state index contributed by atoms with van der Waals surface area (Å²) in [5.41, 5.74) is 8.37. The first-order valence-corrected chi connectivity index (χ1v) is 12.8. The number of anilines is 1. The minimum Gasteiger partial charge on any atom is -0.381 e. The highest BCUT2D eigenvalue weighted by atomic mass is 32.1. The third-order valence-electron chi connectivity index (χ3n) is 6.26. The van der Waals surface area contributed by atoms with Crippen LogP contribution in [0.2, 0.25) is 0 Å². The van der Waals surface area contributed by atoms with Crippen LogP contribution < -0.4 is 10.6 Å². The van der Waals surface area contributed by atoms with Crippen LogP contribution in [0.15, 0.2) is 70.9 Å². The number of benzene rings is 2. The molecule has 1 fully saturated rings. The van der Waals surface area contributed by atoms with Crippen molar-refractivity contribution in [3.8, 4) is 0 Å². The second kappa shape index (κ2) is 11.3. The molecule has 1 aromatic heterocycles. The van der Waals surface area contributed by atoms with Gasteiger partial charge in [-0.05, 0) is 103 Å². The molecule has 0 saturated carbocycles. The Bertz CT molecular complexity index is 1070. The summed E-state index contributed by atoms with van der Waals surface area (Å²) in [6, 6.07) is 19.1. The van der Waals surface area contributed by atoms with Gasteiger partial charge in [0.15, 0.2) is 0 Å². The van der Waals surface area contributed by atoms with Crippen LogP contribution in [0, 0.1) is 0 Å². The van der Waals surface area contributed by atoms with E-state index >= 15 is 0 Å². The number of hydrogen-bond donors (Lipinski definition) is 2. The van der Waals surface area contributed by atoms with E-state index in [-0.39, 0.29) is 5.91 Å². The number of hydrogen-bond acceptors (Lipinski definition) is 4. The van der Waals surface area contributed by atoms with Crippen molar-refractivity contribution in [1.82, 2.24) is 10.2 Å². The van der Waals surface area contributed by atoms with Gasteiger partial charge in [-0.3, -0.25) is 4.79 Å². The van der Waals surface area contributed by atoms with Gasteiger partial charge in [-0.25, -0.2) is 0 Å². The van der Waals surface area contributed by atoms with Crippen LogP contribution in [-0.2, 0) is 6.54 Å². The maximum absolute atomic E-state index is 12.8. The zero-order valence-electron chi connectivity index (χ0n) is 19.6. The monoisotopic (exact) mass is 459 g/mol. The quantitative estimate of drug-likeness (QED) is 0.432. The summed E-state index contributed by atoms with van der Waals surface area (Å²) < 4.78 is 0. The van der Waals surface area contributed by atoms with Gasteiger partial charge in [0.25, 0.3) is 5.91 Å². The molecule has 0 unspecified atom stereocenters. The average Bonchev–Trinajstić information content (AvgIpc) is 3.39. The predicted octanol–water partition coefficient (Wildman–Crippen LogP) is 6.03. The van der Waals surface area contributed by atoms with Gasteiger partial charge in [0.2, 0.25) is 0 Å². The average molecular weight is 460 g/mol. The fourth-order valence-electron chi connectivity index (χ4n) is 4.41. The highest BCUT2D eigenvalue weighted by Gasteiger charge is 2.17. The Morgan fingerprint density at radius 1 is 0.970 bits per heavy atom. The fourth-order valence-corrected chi connectivity index (χ4v) is 5.08. The molecule has 3 aromatic rings. The number of nitrogens with one attached hydrogen (secondary N) is 2. The molecule has 2 aromatic carbocycles. The minimum absolute atomic E-state index is 0.0993. The van der Waals surface area contributed by atoms with E-state index in [1.54, 1.807) is 11.3 Å². The van der Waals surface area contributed by atoms with E-state index in [9.17, 15) is 4.79 Å². The van der Waals surface area contributed by atoms with Crippen molar-refractivity contribution in [2.45, 2.75) is 33.2 Å². The van der Waals surface area contributed by atoms with Crippen molar-refractivity contribution in [2.75, 3.05) is 31.5 Å². The zero-order chi connectivity index (χ0) is 23.0. The number of rotatable bonds is 8. The standard InChI is InChI=1S/C28H33N3OS/c1-3-31(4-2)28(32)24-10-8-22(9-11-24)27(23-12-15-29-16-13-23)25-6-5-7-26(18-25)30-19-21-14-17-33-20-21/h5-11,14,17-18,20,29-30H,3-4,12-13,15-16,19H2,1-2H3. The fraction of sp³-hybridized carbons (Fsp3) is 0.321. The molecule has 0 atom stereocenters. The first kappa shape index (κ1) is 23.3.